The van der Waals surface area contributed by atoms with E-state index in [2.05, 4.69) is 6.92 Å². The average molecular weight is 238 g/mol. The summed E-state index contributed by atoms with van der Waals surface area (Å²) in [4.78, 5) is 0. The van der Waals surface area contributed by atoms with Gasteiger partial charge >= 0.3 is 0 Å². The van der Waals surface area contributed by atoms with Crippen molar-refractivity contribution in [3.8, 4) is 0 Å². The van der Waals surface area contributed by atoms with Gasteiger partial charge in [0.1, 0.15) is 0 Å². The van der Waals surface area contributed by atoms with Gasteiger partial charge in [0, 0.05) is 25.8 Å². The molecule has 0 aromatic heterocycles. The smallest absolute Gasteiger partial charge is 0 e. The van der Waals surface area contributed by atoms with Crippen LogP contribution in [0.25, 0.3) is 6.15 Å². The van der Waals surface area contributed by atoms with Crippen molar-refractivity contribution in [2.45, 2.75) is 13.3 Å². The van der Waals surface area contributed by atoms with Crippen molar-refractivity contribution in [3.63, 3.8) is 0 Å². The van der Waals surface area contributed by atoms with E-state index in [4.69, 9.17) is 0 Å². The van der Waals surface area contributed by atoms with Crippen LogP contribution in [0.5, 0.6) is 0 Å². The standard InChI is InChI=1S/C3H7.Hf.H2N/c1-3-2;;/h1,3H2,2H3;;1H2/q-1;;-1. The number of hydrogen-bond donors (Lipinski definition) is 0. The van der Waals surface area contributed by atoms with Gasteiger partial charge in [-0.15, -0.1) is 0 Å². The molecule has 0 aliphatic carbocycles. The summed E-state index contributed by atoms with van der Waals surface area (Å²) >= 11 is 0. The zero-order chi connectivity index (χ0) is 2.71. The van der Waals surface area contributed by atoms with E-state index >= 15 is 0 Å². The molecule has 0 aromatic carbocycles. The minimum Gasteiger partial charge on any atom is -0.693 e. The Bertz CT molecular complexity index is 6.85. The third kappa shape index (κ3) is 56.1. The van der Waals surface area contributed by atoms with Gasteiger partial charge in [0.25, 0.3) is 0 Å². The van der Waals surface area contributed by atoms with Crippen molar-refractivity contribution in [1.82, 2.24) is 0 Å². The van der Waals surface area contributed by atoms with E-state index in [1.54, 1.807) is 0 Å². The molecule has 0 aliphatic heterocycles. The fourth-order valence-electron chi connectivity index (χ4n) is 0. The Hall–Kier alpha value is 0.830. The first kappa shape index (κ1) is 17.0. The molecule has 0 saturated heterocycles. The minimum absolute atomic E-state index is 0. The Morgan fingerprint density at radius 1 is 1.60 bits per heavy atom. The third-order valence-electron chi connectivity index (χ3n) is 0. The second-order valence-corrected chi connectivity index (χ2v) is 0.500. The van der Waals surface area contributed by atoms with Crippen molar-refractivity contribution in [1.29, 1.82) is 0 Å². The third-order valence-corrected chi connectivity index (χ3v) is 0. The van der Waals surface area contributed by atoms with Crippen molar-refractivity contribution >= 4 is 0 Å². The normalized spacial score (nSPS) is 3.60. The topological polar surface area (TPSA) is 33.5 Å². The van der Waals surface area contributed by atoms with Gasteiger partial charge in [-0.25, -0.2) is 0 Å². The second kappa shape index (κ2) is 21.2. The second-order valence-electron chi connectivity index (χ2n) is 0.500. The Morgan fingerprint density at radius 2 is 1.60 bits per heavy atom. The van der Waals surface area contributed by atoms with E-state index in [1.807, 2.05) is 6.92 Å². The van der Waals surface area contributed by atoms with E-state index in [0.717, 1.165) is 6.42 Å². The average Bonchev–Trinajstić information content (AvgIpc) is 0.918. The molecular formula is C3H9HfN-2. The van der Waals surface area contributed by atoms with Crippen LogP contribution in [0, 0.1) is 6.92 Å². The summed E-state index contributed by atoms with van der Waals surface area (Å²) < 4.78 is 0. The zero-order valence-electron chi connectivity index (χ0n) is 3.49. The van der Waals surface area contributed by atoms with Crippen LogP contribution in [0.15, 0.2) is 0 Å². The summed E-state index contributed by atoms with van der Waals surface area (Å²) in [6.45, 7) is 5.50. The van der Waals surface area contributed by atoms with Gasteiger partial charge in [0.2, 0.25) is 0 Å². The first-order valence-electron chi connectivity index (χ1n) is 1.21. The summed E-state index contributed by atoms with van der Waals surface area (Å²) in [5.74, 6) is 0. The maximum Gasteiger partial charge on any atom is 0 e. The molecule has 0 bridgehead atoms. The fourth-order valence-corrected chi connectivity index (χ4v) is 0. The van der Waals surface area contributed by atoms with Gasteiger partial charge in [0.05, 0.1) is 0 Å². The van der Waals surface area contributed by atoms with Gasteiger partial charge in [-0.3, -0.25) is 0 Å². The molecule has 0 aliphatic rings. The molecule has 5 heavy (non-hydrogen) atoms. The molecule has 0 atom stereocenters. The minimum atomic E-state index is 0. The zero-order valence-corrected chi connectivity index (χ0v) is 7.08. The SMILES string of the molecule is [CH2-]CC.[Hf].[NH2-]. The van der Waals surface area contributed by atoms with E-state index < -0.39 is 0 Å². The first-order valence-corrected chi connectivity index (χ1v) is 1.21. The molecule has 0 saturated carbocycles. The van der Waals surface area contributed by atoms with Crippen molar-refractivity contribution in [2.24, 2.45) is 0 Å². The fraction of sp³-hybridized carbons (Fsp3) is 0.667. The molecular weight excluding hydrogens is 229 g/mol. The molecule has 0 amide bonds. The maximum absolute atomic E-state index is 3.49. The number of rotatable bonds is 0. The van der Waals surface area contributed by atoms with Gasteiger partial charge in [-0.1, -0.05) is 6.92 Å². The largest absolute Gasteiger partial charge is 0.693 e. The van der Waals surface area contributed by atoms with E-state index in [1.165, 1.54) is 0 Å². The van der Waals surface area contributed by atoms with Crippen LogP contribution in [0.2, 0.25) is 0 Å². The van der Waals surface area contributed by atoms with Crippen molar-refractivity contribution in [3.05, 3.63) is 13.1 Å². The van der Waals surface area contributed by atoms with Crippen LogP contribution in [-0.4, -0.2) is 0 Å². The molecule has 2 N–H and O–H groups in total. The van der Waals surface area contributed by atoms with Gasteiger partial charge < -0.3 is 13.1 Å². The number of hydrogen-bond acceptors (Lipinski definition) is 0. The monoisotopic (exact) mass is 239 g/mol. The summed E-state index contributed by atoms with van der Waals surface area (Å²) in [6, 6.07) is 0. The van der Waals surface area contributed by atoms with Crippen LogP contribution in [0.4, 0.5) is 0 Å². The number of nitrogens with two attached hydrogens (primary N) is 1. The summed E-state index contributed by atoms with van der Waals surface area (Å²) in [6.07, 6.45) is 1.00. The predicted molar refractivity (Wildman–Crippen MR) is 20.9 cm³/mol. The van der Waals surface area contributed by atoms with Gasteiger partial charge in [-0.05, 0) is 0 Å². The Labute approximate surface area is 52.5 Å². The van der Waals surface area contributed by atoms with E-state index in [-0.39, 0.29) is 32.0 Å². The quantitative estimate of drug-likeness (QED) is 0.456. The summed E-state index contributed by atoms with van der Waals surface area (Å²) in [7, 11) is 0. The molecule has 1 nitrogen and oxygen atoms in total. The first-order chi connectivity index (χ1) is 1.41. The molecule has 2 heteroatoms. The Morgan fingerprint density at radius 3 is 1.60 bits per heavy atom. The molecule has 0 radical (unpaired) electrons. The Balaban J connectivity index is -0.0000000200. The molecule has 0 heterocycles. The van der Waals surface area contributed by atoms with Crippen LogP contribution >= 0.6 is 0 Å². The molecule has 0 aromatic rings. The molecule has 0 unspecified atom stereocenters. The van der Waals surface area contributed by atoms with Crippen LogP contribution < -0.4 is 0 Å². The van der Waals surface area contributed by atoms with Gasteiger partial charge in [0.15, 0.2) is 0 Å². The van der Waals surface area contributed by atoms with Crippen molar-refractivity contribution < 1.29 is 25.8 Å². The van der Waals surface area contributed by atoms with Crippen LogP contribution in [0.1, 0.15) is 13.3 Å². The van der Waals surface area contributed by atoms with E-state index in [9.17, 15) is 0 Å². The van der Waals surface area contributed by atoms with E-state index in [0.29, 0.717) is 0 Å². The molecule has 0 rings (SSSR count). The molecule has 0 spiro atoms. The van der Waals surface area contributed by atoms with Gasteiger partial charge in [-0.2, -0.15) is 6.42 Å². The van der Waals surface area contributed by atoms with Crippen molar-refractivity contribution in [2.75, 3.05) is 0 Å². The predicted octanol–water partition coefficient (Wildman–Crippen LogP) is 1.95. The molecule has 32 valence electrons. The van der Waals surface area contributed by atoms with Crippen LogP contribution in [0.3, 0.4) is 0 Å². The van der Waals surface area contributed by atoms with Crippen LogP contribution in [-0.2, 0) is 25.8 Å². The maximum atomic E-state index is 3.49. The molecule has 0 fully saturated rings. The summed E-state index contributed by atoms with van der Waals surface area (Å²) in [5, 5.41) is 0. The summed E-state index contributed by atoms with van der Waals surface area (Å²) in [5.41, 5.74) is 0. The Kier molecular flexibility index (Phi) is 71.9.